The van der Waals surface area contributed by atoms with Crippen LogP contribution in [0.25, 0.3) is 61.7 Å². The van der Waals surface area contributed by atoms with Crippen LogP contribution >= 0.6 is 15.9 Å². The molecule has 0 saturated heterocycles. The van der Waals surface area contributed by atoms with Crippen molar-refractivity contribution < 1.29 is 53.7 Å². The van der Waals surface area contributed by atoms with Gasteiger partial charge in [-0.3, -0.25) is 23.3 Å². The van der Waals surface area contributed by atoms with Gasteiger partial charge in [0.05, 0.1) is 98.8 Å². The number of benzene rings is 4. The highest BCUT2D eigenvalue weighted by Crippen LogP contribution is 2.38. The highest BCUT2D eigenvalue weighted by atomic mass is 79.9. The summed E-state index contributed by atoms with van der Waals surface area (Å²) in [5.41, 5.74) is 5.04. The molecular formula is C69H67BrN12O15S3. The van der Waals surface area contributed by atoms with Crippen molar-refractivity contribution >= 4 is 78.9 Å². The summed E-state index contributed by atoms with van der Waals surface area (Å²) in [6.07, 6.45) is 11.7. The van der Waals surface area contributed by atoms with E-state index < -0.39 is 82.0 Å². The summed E-state index contributed by atoms with van der Waals surface area (Å²) in [4.78, 5) is 75.8. The molecule has 100 heavy (non-hydrogen) atoms. The lowest BCUT2D eigenvalue weighted by atomic mass is 10.1. The van der Waals surface area contributed by atoms with Crippen molar-refractivity contribution in [3.05, 3.63) is 216 Å². The number of H-pyrrole nitrogens is 2. The minimum Gasteiger partial charge on any atom is -0.493 e. The summed E-state index contributed by atoms with van der Waals surface area (Å²) in [5, 5.41) is 0. The minimum absolute atomic E-state index is 0.0628. The standard InChI is InChI=1S/C69H67BrN12O15S3/c1-8-95-60-30-41(15-19-57(60)92-2)54(38-98(5,86)87)81-65-52(78-68(81)84)29-46(36-74-65)63-71-25-22-49(76-63)24-27-97-61-31-42(16-20-58(61)93-3)55(39-99(6,88)89)80-64-51(77-67(80)83)28-45(35-73-64)44-14-18-48(72-34-44)23-26-96-62-32-43(17-21-59(62)94-4)56(40-100(7,90)91)82-66-53(33-47(70)37-75-66)79(69(82)85)50-12-10-9-11-13-50/h9-22,25,28-37,54-56H,8,23-24,26-27,38-40H2,1-7H3,(H,77,83)(H,78,84). The van der Waals surface area contributed by atoms with E-state index in [0.717, 1.165) is 18.8 Å². The number of rotatable bonds is 28. The van der Waals surface area contributed by atoms with Gasteiger partial charge in [0, 0.05) is 95.1 Å². The molecule has 0 bridgehead atoms. The lowest BCUT2D eigenvalue weighted by Crippen LogP contribution is -2.31. The second-order valence-electron chi connectivity index (χ2n) is 23.7. The largest absolute Gasteiger partial charge is 0.493 e. The molecule has 3 unspecified atom stereocenters. The molecule has 12 rings (SSSR count). The Hall–Kier alpha value is -10.5. The molecule has 0 fully saturated rings. The van der Waals surface area contributed by atoms with E-state index >= 15 is 0 Å². The van der Waals surface area contributed by atoms with Crippen LogP contribution in [-0.2, 0) is 42.4 Å². The predicted molar refractivity (Wildman–Crippen MR) is 380 cm³/mol. The molecule has 8 heterocycles. The number of aromatic nitrogens is 12. The number of ether oxygens (including phenoxy) is 6. The quantitative estimate of drug-likeness (QED) is 0.0467. The molecule has 27 nitrogen and oxygen atoms in total. The first-order valence-corrected chi connectivity index (χ1v) is 38.1. The van der Waals surface area contributed by atoms with Gasteiger partial charge in [-0.15, -0.1) is 0 Å². The zero-order chi connectivity index (χ0) is 70.8. The fraction of sp³-hybridized carbons (Fsp3) is 0.261. The van der Waals surface area contributed by atoms with Gasteiger partial charge in [-0.2, -0.15) is 0 Å². The molecule has 12 aromatic rings. The molecule has 31 heteroatoms. The first-order chi connectivity index (χ1) is 47.9. The summed E-state index contributed by atoms with van der Waals surface area (Å²) in [6, 6.07) is 31.4. The normalized spacial score (nSPS) is 13.0. The average Bonchev–Trinajstić information content (AvgIpc) is 1.60. The predicted octanol–water partition coefficient (Wildman–Crippen LogP) is 8.11. The van der Waals surface area contributed by atoms with Gasteiger partial charge in [0.15, 0.2) is 57.3 Å². The van der Waals surface area contributed by atoms with Gasteiger partial charge in [-0.25, -0.2) is 64.6 Å². The summed E-state index contributed by atoms with van der Waals surface area (Å²) in [7, 11) is -6.64. The molecule has 0 aliphatic heterocycles. The molecule has 3 atom stereocenters. The van der Waals surface area contributed by atoms with E-state index in [1.807, 2.05) is 18.2 Å². The Bertz CT molecular complexity index is 5630. The van der Waals surface area contributed by atoms with Crippen molar-refractivity contribution in [2.45, 2.75) is 37.9 Å². The molecule has 0 spiro atoms. The van der Waals surface area contributed by atoms with Crippen LogP contribution in [0.15, 0.2) is 171 Å². The third kappa shape index (κ3) is 15.2. The lowest BCUT2D eigenvalue weighted by Gasteiger charge is -2.20. The number of pyridine rings is 4. The Morgan fingerprint density at radius 1 is 0.480 bits per heavy atom. The topological polar surface area (TPSA) is 338 Å². The van der Waals surface area contributed by atoms with Crippen LogP contribution in [0.1, 0.15) is 53.1 Å². The number of fused-ring (bicyclic) bond motifs is 3. The maximum Gasteiger partial charge on any atom is 0.335 e. The maximum atomic E-state index is 14.5. The fourth-order valence-corrected chi connectivity index (χ4v) is 15.1. The van der Waals surface area contributed by atoms with Gasteiger partial charge in [-0.05, 0) is 118 Å². The van der Waals surface area contributed by atoms with Gasteiger partial charge < -0.3 is 38.4 Å². The maximum absolute atomic E-state index is 14.5. The van der Waals surface area contributed by atoms with Crippen LogP contribution in [0.3, 0.4) is 0 Å². The lowest BCUT2D eigenvalue weighted by molar-refractivity contribution is 0.296. The highest BCUT2D eigenvalue weighted by molar-refractivity contribution is 9.10. The number of nitrogens with one attached hydrogen (secondary N) is 2. The first kappa shape index (κ1) is 69.4. The van der Waals surface area contributed by atoms with E-state index in [4.69, 9.17) is 43.4 Å². The third-order valence-corrected chi connectivity index (χ3v) is 19.7. The van der Waals surface area contributed by atoms with Crippen molar-refractivity contribution in [1.82, 2.24) is 58.1 Å². The molecular weight excluding hydrogens is 1410 g/mol. The number of nitrogens with zero attached hydrogens (tertiary/aromatic N) is 10. The molecule has 8 aromatic heterocycles. The van der Waals surface area contributed by atoms with E-state index in [1.165, 1.54) is 45.8 Å². The Morgan fingerprint density at radius 2 is 0.960 bits per heavy atom. The van der Waals surface area contributed by atoms with Gasteiger partial charge in [-0.1, -0.05) is 42.5 Å². The number of hydrogen-bond donors (Lipinski definition) is 2. The number of aromatic amines is 2. The Labute approximate surface area is 581 Å². The van der Waals surface area contributed by atoms with E-state index in [9.17, 15) is 39.6 Å². The highest BCUT2D eigenvalue weighted by Gasteiger charge is 2.31. The van der Waals surface area contributed by atoms with Gasteiger partial charge in [0.2, 0.25) is 0 Å². The van der Waals surface area contributed by atoms with E-state index in [1.54, 1.807) is 135 Å². The van der Waals surface area contributed by atoms with Crippen LogP contribution in [0.5, 0.6) is 34.5 Å². The van der Waals surface area contributed by atoms with Crippen LogP contribution in [-0.4, -0.2) is 161 Å². The second-order valence-corrected chi connectivity index (χ2v) is 31.2. The van der Waals surface area contributed by atoms with Gasteiger partial charge in [0.1, 0.15) is 29.5 Å². The SMILES string of the molecule is CCOc1cc(C(CS(C)(=O)=O)n2c(=O)[nH]c3cc(-c4nccc(CCOc5cc(C(CS(C)(=O)=O)n6c(=O)[nH]c7cc(-c8ccc(CCOc9cc(C(CS(C)(=O)=O)n%10c(=O)n(-c%11ccccc%11)c%11cc(Br)cnc%11%10)ccc9OC)nc8)cnc76)ccc5OC)n4)cnc32)ccc1OC. The number of halogens is 1. The number of hydrogen-bond acceptors (Lipinski definition) is 21. The van der Waals surface area contributed by atoms with Crippen molar-refractivity contribution in [3.8, 4) is 62.7 Å². The van der Waals surface area contributed by atoms with Crippen molar-refractivity contribution in [2.24, 2.45) is 0 Å². The first-order valence-electron chi connectivity index (χ1n) is 31.2. The van der Waals surface area contributed by atoms with Crippen LogP contribution < -0.4 is 45.5 Å². The fourth-order valence-electron chi connectivity index (χ4n) is 12.0. The Morgan fingerprint density at radius 3 is 1.46 bits per heavy atom. The third-order valence-electron chi connectivity index (χ3n) is 16.5. The summed E-state index contributed by atoms with van der Waals surface area (Å²) in [6.45, 7) is 2.32. The van der Waals surface area contributed by atoms with Crippen LogP contribution in [0.4, 0.5) is 0 Å². The smallest absolute Gasteiger partial charge is 0.335 e. The monoisotopic (exact) mass is 1480 g/mol. The molecule has 0 aliphatic rings. The zero-order valence-electron chi connectivity index (χ0n) is 55.0. The number of imidazole rings is 3. The van der Waals surface area contributed by atoms with Crippen molar-refractivity contribution in [1.29, 1.82) is 0 Å². The van der Waals surface area contributed by atoms with E-state index in [0.29, 0.717) is 113 Å². The van der Waals surface area contributed by atoms with Gasteiger partial charge >= 0.3 is 17.1 Å². The molecule has 4 aromatic carbocycles. The zero-order valence-corrected chi connectivity index (χ0v) is 59.1. The summed E-state index contributed by atoms with van der Waals surface area (Å²) < 4.78 is 120. The average molecular weight is 1480 g/mol. The molecule has 0 aliphatic carbocycles. The number of methoxy groups -OCH3 is 3. The van der Waals surface area contributed by atoms with Crippen LogP contribution in [0.2, 0.25) is 0 Å². The summed E-state index contributed by atoms with van der Waals surface area (Å²) >= 11 is 3.48. The Balaban J connectivity index is 0.737. The molecule has 2 N–H and O–H groups in total. The Kier molecular flexibility index (Phi) is 20.0. The minimum atomic E-state index is -3.75. The van der Waals surface area contributed by atoms with E-state index in [2.05, 4.69) is 40.8 Å². The molecule has 0 saturated carbocycles. The molecule has 0 radical (unpaired) electrons. The van der Waals surface area contributed by atoms with Crippen molar-refractivity contribution in [3.63, 3.8) is 0 Å². The van der Waals surface area contributed by atoms with Gasteiger partial charge in [0.25, 0.3) is 0 Å². The number of sulfone groups is 3. The molecule has 518 valence electrons. The van der Waals surface area contributed by atoms with Crippen LogP contribution in [0, 0.1) is 0 Å². The van der Waals surface area contributed by atoms with Crippen molar-refractivity contribution in [2.75, 3.05) is 77.2 Å². The number of para-hydroxylation sites is 1. The molecule has 0 amide bonds. The summed E-state index contributed by atoms with van der Waals surface area (Å²) in [5.74, 6) is 1.08. The van der Waals surface area contributed by atoms with E-state index in [-0.39, 0.29) is 48.2 Å². The second kappa shape index (κ2) is 28.8.